The van der Waals surface area contributed by atoms with Crippen molar-refractivity contribution in [1.29, 1.82) is 0 Å². The van der Waals surface area contributed by atoms with E-state index in [1.54, 1.807) is 7.11 Å². The Labute approximate surface area is 96.8 Å². The quantitative estimate of drug-likeness (QED) is 0.715. The minimum absolute atomic E-state index is 0.708. The zero-order valence-corrected chi connectivity index (χ0v) is 9.74. The van der Waals surface area contributed by atoms with E-state index in [2.05, 4.69) is 5.32 Å². The number of hydrogen-bond acceptors (Lipinski definition) is 3. The highest BCUT2D eigenvalue weighted by molar-refractivity contribution is 5.32. The van der Waals surface area contributed by atoms with Crippen LogP contribution in [0, 0.1) is 5.92 Å². The van der Waals surface area contributed by atoms with Gasteiger partial charge >= 0.3 is 0 Å². The Kier molecular flexibility index (Phi) is 4.05. The first-order chi connectivity index (χ1) is 7.88. The molecule has 0 heterocycles. The summed E-state index contributed by atoms with van der Waals surface area (Å²) >= 11 is 0. The van der Waals surface area contributed by atoms with Crippen LogP contribution in [0.1, 0.15) is 12.8 Å². The second kappa shape index (κ2) is 5.75. The van der Waals surface area contributed by atoms with Crippen molar-refractivity contribution in [2.24, 2.45) is 5.92 Å². The van der Waals surface area contributed by atoms with Gasteiger partial charge in [-0.2, -0.15) is 0 Å². The molecule has 0 aromatic heterocycles. The highest BCUT2D eigenvalue weighted by Gasteiger charge is 2.19. The lowest BCUT2D eigenvalue weighted by molar-refractivity contribution is 0.310. The lowest BCUT2D eigenvalue weighted by Gasteiger charge is -2.08. The summed E-state index contributed by atoms with van der Waals surface area (Å²) in [4.78, 5) is 0. The lowest BCUT2D eigenvalue weighted by atomic mass is 10.3. The van der Waals surface area contributed by atoms with Gasteiger partial charge < -0.3 is 14.8 Å². The molecular formula is C13H19NO2. The van der Waals surface area contributed by atoms with E-state index in [0.29, 0.717) is 6.61 Å². The van der Waals surface area contributed by atoms with Crippen LogP contribution >= 0.6 is 0 Å². The van der Waals surface area contributed by atoms with E-state index in [0.717, 1.165) is 30.5 Å². The average molecular weight is 221 g/mol. The topological polar surface area (TPSA) is 30.5 Å². The highest BCUT2D eigenvalue weighted by atomic mass is 16.5. The monoisotopic (exact) mass is 221 g/mol. The Balaban J connectivity index is 1.63. The van der Waals surface area contributed by atoms with Gasteiger partial charge in [-0.25, -0.2) is 0 Å². The third-order valence-corrected chi connectivity index (χ3v) is 2.72. The predicted molar refractivity (Wildman–Crippen MR) is 64.1 cm³/mol. The Bertz CT molecular complexity index is 323. The zero-order chi connectivity index (χ0) is 11.2. The summed E-state index contributed by atoms with van der Waals surface area (Å²) in [5.74, 6) is 2.63. The minimum atomic E-state index is 0.708. The Hall–Kier alpha value is -1.22. The number of rotatable bonds is 7. The normalized spacial score (nSPS) is 14.8. The number of hydrogen-bond donors (Lipinski definition) is 1. The molecule has 1 aromatic rings. The molecule has 16 heavy (non-hydrogen) atoms. The fourth-order valence-electron chi connectivity index (χ4n) is 1.56. The molecule has 0 spiro atoms. The van der Waals surface area contributed by atoms with Gasteiger partial charge in [0.2, 0.25) is 0 Å². The summed E-state index contributed by atoms with van der Waals surface area (Å²) in [6.45, 7) is 2.76. The SMILES string of the molecule is COc1cccc(OCCNCC2CC2)c1. The molecule has 0 atom stereocenters. The van der Waals surface area contributed by atoms with Crippen LogP contribution in [-0.2, 0) is 0 Å². The highest BCUT2D eigenvalue weighted by Crippen LogP contribution is 2.27. The van der Waals surface area contributed by atoms with Gasteiger partial charge in [0.05, 0.1) is 7.11 Å². The van der Waals surface area contributed by atoms with Gasteiger partial charge in [-0.3, -0.25) is 0 Å². The maximum atomic E-state index is 5.61. The molecular weight excluding hydrogens is 202 g/mol. The van der Waals surface area contributed by atoms with Crippen LogP contribution in [0.4, 0.5) is 0 Å². The Morgan fingerprint density at radius 3 is 2.88 bits per heavy atom. The average Bonchev–Trinajstić information content (AvgIpc) is 3.13. The van der Waals surface area contributed by atoms with Crippen LogP contribution in [0.5, 0.6) is 11.5 Å². The fourth-order valence-corrected chi connectivity index (χ4v) is 1.56. The van der Waals surface area contributed by atoms with Crippen molar-refractivity contribution in [3.63, 3.8) is 0 Å². The van der Waals surface area contributed by atoms with Crippen LogP contribution in [0.2, 0.25) is 0 Å². The van der Waals surface area contributed by atoms with Crippen molar-refractivity contribution >= 4 is 0 Å². The van der Waals surface area contributed by atoms with E-state index in [4.69, 9.17) is 9.47 Å². The molecule has 1 aromatic carbocycles. The maximum Gasteiger partial charge on any atom is 0.123 e. The fraction of sp³-hybridized carbons (Fsp3) is 0.538. The molecule has 0 unspecified atom stereocenters. The summed E-state index contributed by atoms with van der Waals surface area (Å²) in [6, 6.07) is 7.70. The smallest absolute Gasteiger partial charge is 0.123 e. The van der Waals surface area contributed by atoms with E-state index >= 15 is 0 Å². The molecule has 3 heteroatoms. The van der Waals surface area contributed by atoms with Gasteiger partial charge in [-0.05, 0) is 37.4 Å². The molecule has 88 valence electrons. The first-order valence-corrected chi connectivity index (χ1v) is 5.86. The van der Waals surface area contributed by atoms with Gasteiger partial charge in [0.25, 0.3) is 0 Å². The molecule has 3 nitrogen and oxygen atoms in total. The Morgan fingerprint density at radius 2 is 2.12 bits per heavy atom. The molecule has 0 saturated heterocycles. The summed E-state index contributed by atoms with van der Waals surface area (Å²) in [7, 11) is 1.66. The third-order valence-electron chi connectivity index (χ3n) is 2.72. The molecule has 0 amide bonds. The van der Waals surface area contributed by atoms with Crippen LogP contribution in [0.15, 0.2) is 24.3 Å². The van der Waals surface area contributed by atoms with Crippen molar-refractivity contribution in [3.05, 3.63) is 24.3 Å². The molecule has 1 fully saturated rings. The zero-order valence-electron chi connectivity index (χ0n) is 9.74. The number of methoxy groups -OCH3 is 1. The summed E-state index contributed by atoms with van der Waals surface area (Å²) < 4.78 is 10.7. The molecule has 1 N–H and O–H groups in total. The molecule has 1 aliphatic rings. The van der Waals surface area contributed by atoms with Crippen LogP contribution in [0.25, 0.3) is 0 Å². The van der Waals surface area contributed by atoms with Crippen molar-refractivity contribution in [3.8, 4) is 11.5 Å². The van der Waals surface area contributed by atoms with Gasteiger partial charge in [0, 0.05) is 12.6 Å². The van der Waals surface area contributed by atoms with Gasteiger partial charge in [0.1, 0.15) is 18.1 Å². The molecule has 0 radical (unpaired) electrons. The maximum absolute atomic E-state index is 5.61. The van der Waals surface area contributed by atoms with E-state index in [9.17, 15) is 0 Å². The molecule has 2 rings (SSSR count). The summed E-state index contributed by atoms with van der Waals surface area (Å²) in [5.41, 5.74) is 0. The first kappa shape index (κ1) is 11.3. The van der Waals surface area contributed by atoms with Crippen LogP contribution in [0.3, 0.4) is 0 Å². The van der Waals surface area contributed by atoms with E-state index in [1.165, 1.54) is 12.8 Å². The van der Waals surface area contributed by atoms with Crippen LogP contribution in [-0.4, -0.2) is 26.8 Å². The molecule has 0 aliphatic heterocycles. The van der Waals surface area contributed by atoms with Gasteiger partial charge in [0.15, 0.2) is 0 Å². The number of ether oxygens (including phenoxy) is 2. The van der Waals surface area contributed by atoms with Gasteiger partial charge in [-0.1, -0.05) is 6.07 Å². The van der Waals surface area contributed by atoms with Crippen LogP contribution < -0.4 is 14.8 Å². The number of nitrogens with one attached hydrogen (secondary N) is 1. The number of benzene rings is 1. The Morgan fingerprint density at radius 1 is 1.31 bits per heavy atom. The standard InChI is InChI=1S/C13H19NO2/c1-15-12-3-2-4-13(9-12)16-8-7-14-10-11-5-6-11/h2-4,9,11,14H,5-8,10H2,1H3. The molecule has 1 aliphatic carbocycles. The second-order valence-corrected chi connectivity index (χ2v) is 4.17. The van der Waals surface area contributed by atoms with Crippen molar-refractivity contribution in [2.45, 2.75) is 12.8 Å². The third kappa shape index (κ3) is 3.74. The van der Waals surface area contributed by atoms with Crippen molar-refractivity contribution in [2.75, 3.05) is 26.8 Å². The second-order valence-electron chi connectivity index (χ2n) is 4.17. The first-order valence-electron chi connectivity index (χ1n) is 5.86. The van der Waals surface area contributed by atoms with E-state index in [-0.39, 0.29) is 0 Å². The summed E-state index contributed by atoms with van der Waals surface area (Å²) in [5, 5.41) is 3.39. The molecule has 0 bridgehead atoms. The molecule has 1 saturated carbocycles. The van der Waals surface area contributed by atoms with Crippen molar-refractivity contribution < 1.29 is 9.47 Å². The van der Waals surface area contributed by atoms with Gasteiger partial charge in [-0.15, -0.1) is 0 Å². The largest absolute Gasteiger partial charge is 0.497 e. The predicted octanol–water partition coefficient (Wildman–Crippen LogP) is 2.07. The summed E-state index contributed by atoms with van der Waals surface area (Å²) in [6.07, 6.45) is 2.79. The lowest BCUT2D eigenvalue weighted by Crippen LogP contribution is -2.23. The van der Waals surface area contributed by atoms with Crippen molar-refractivity contribution in [1.82, 2.24) is 5.32 Å². The minimum Gasteiger partial charge on any atom is -0.497 e. The van der Waals surface area contributed by atoms with E-state index in [1.807, 2.05) is 24.3 Å². The van der Waals surface area contributed by atoms with E-state index < -0.39 is 0 Å².